The SMILES string of the molecule is COc1ccc(C(=O)NC2CC(=O)NC2=O)cc1. The molecule has 1 atom stereocenters. The fourth-order valence-electron chi connectivity index (χ4n) is 1.65. The van der Waals surface area contributed by atoms with Gasteiger partial charge in [-0.05, 0) is 24.3 Å². The highest BCUT2D eigenvalue weighted by atomic mass is 16.5. The van der Waals surface area contributed by atoms with Gasteiger partial charge in [-0.15, -0.1) is 0 Å². The minimum Gasteiger partial charge on any atom is -0.497 e. The Morgan fingerprint density at radius 1 is 1.33 bits per heavy atom. The zero-order valence-electron chi connectivity index (χ0n) is 9.73. The second kappa shape index (κ2) is 4.87. The number of benzene rings is 1. The Morgan fingerprint density at radius 3 is 2.50 bits per heavy atom. The van der Waals surface area contributed by atoms with E-state index in [1.54, 1.807) is 24.3 Å². The van der Waals surface area contributed by atoms with E-state index in [4.69, 9.17) is 4.74 Å². The smallest absolute Gasteiger partial charge is 0.251 e. The van der Waals surface area contributed by atoms with E-state index < -0.39 is 17.9 Å². The first-order valence-corrected chi connectivity index (χ1v) is 5.39. The third-order valence-corrected chi connectivity index (χ3v) is 2.63. The highest BCUT2D eigenvalue weighted by molar-refractivity contribution is 6.08. The van der Waals surface area contributed by atoms with E-state index in [0.717, 1.165) is 0 Å². The molecule has 94 valence electrons. The highest BCUT2D eigenvalue weighted by Crippen LogP contribution is 2.12. The molecule has 0 bridgehead atoms. The van der Waals surface area contributed by atoms with Crippen LogP contribution in [0, 0.1) is 0 Å². The van der Waals surface area contributed by atoms with Gasteiger partial charge in [0.1, 0.15) is 11.8 Å². The summed E-state index contributed by atoms with van der Waals surface area (Å²) in [4.78, 5) is 34.1. The molecule has 0 spiro atoms. The molecule has 2 N–H and O–H groups in total. The average Bonchev–Trinajstić information content (AvgIpc) is 2.68. The van der Waals surface area contributed by atoms with Crippen molar-refractivity contribution >= 4 is 17.7 Å². The quantitative estimate of drug-likeness (QED) is 0.728. The summed E-state index contributed by atoms with van der Waals surface area (Å²) in [6.07, 6.45) is -0.0132. The molecule has 1 aromatic carbocycles. The number of imide groups is 1. The van der Waals surface area contributed by atoms with Crippen LogP contribution in [-0.2, 0) is 9.59 Å². The van der Waals surface area contributed by atoms with Crippen molar-refractivity contribution in [1.29, 1.82) is 0 Å². The molecule has 2 rings (SSSR count). The molecule has 1 aliphatic heterocycles. The fraction of sp³-hybridized carbons (Fsp3) is 0.250. The average molecular weight is 248 g/mol. The van der Waals surface area contributed by atoms with Crippen LogP contribution in [0.1, 0.15) is 16.8 Å². The number of hydrogen-bond donors (Lipinski definition) is 2. The van der Waals surface area contributed by atoms with Crippen molar-refractivity contribution in [2.45, 2.75) is 12.5 Å². The van der Waals surface area contributed by atoms with Crippen LogP contribution in [0.4, 0.5) is 0 Å². The zero-order chi connectivity index (χ0) is 13.1. The summed E-state index contributed by atoms with van der Waals surface area (Å²) in [5, 5.41) is 4.63. The largest absolute Gasteiger partial charge is 0.497 e. The lowest BCUT2D eigenvalue weighted by atomic mass is 10.1. The predicted molar refractivity (Wildman–Crippen MR) is 62.0 cm³/mol. The second-order valence-electron chi connectivity index (χ2n) is 3.87. The van der Waals surface area contributed by atoms with Gasteiger partial charge in [-0.25, -0.2) is 0 Å². The van der Waals surface area contributed by atoms with Crippen molar-refractivity contribution in [1.82, 2.24) is 10.6 Å². The van der Waals surface area contributed by atoms with Crippen LogP contribution in [0.5, 0.6) is 5.75 Å². The van der Waals surface area contributed by atoms with E-state index in [-0.39, 0.29) is 12.3 Å². The highest BCUT2D eigenvalue weighted by Gasteiger charge is 2.31. The van der Waals surface area contributed by atoms with Crippen LogP contribution >= 0.6 is 0 Å². The summed E-state index contributed by atoms with van der Waals surface area (Å²) in [7, 11) is 1.53. The van der Waals surface area contributed by atoms with Crippen molar-refractivity contribution in [3.8, 4) is 5.75 Å². The maximum absolute atomic E-state index is 11.8. The summed E-state index contributed by atoms with van der Waals surface area (Å²) >= 11 is 0. The Hall–Kier alpha value is -2.37. The Labute approximate surface area is 103 Å². The minimum absolute atomic E-state index is 0.0132. The molecule has 3 amide bonds. The molecule has 1 saturated heterocycles. The van der Waals surface area contributed by atoms with Gasteiger partial charge in [-0.2, -0.15) is 0 Å². The second-order valence-corrected chi connectivity index (χ2v) is 3.87. The number of nitrogens with one attached hydrogen (secondary N) is 2. The molecule has 0 saturated carbocycles. The van der Waals surface area contributed by atoms with Crippen LogP contribution in [0.2, 0.25) is 0 Å². The van der Waals surface area contributed by atoms with Gasteiger partial charge in [-0.3, -0.25) is 19.7 Å². The molecule has 0 radical (unpaired) electrons. The van der Waals surface area contributed by atoms with Gasteiger partial charge >= 0.3 is 0 Å². The number of ether oxygens (including phenoxy) is 1. The van der Waals surface area contributed by atoms with E-state index in [0.29, 0.717) is 11.3 Å². The molecule has 0 aromatic heterocycles. The van der Waals surface area contributed by atoms with Gasteiger partial charge in [0, 0.05) is 5.56 Å². The number of hydrogen-bond acceptors (Lipinski definition) is 4. The van der Waals surface area contributed by atoms with E-state index in [2.05, 4.69) is 10.6 Å². The molecule has 1 aromatic rings. The summed E-state index contributed by atoms with van der Waals surface area (Å²) in [5.74, 6) is -0.602. The maximum atomic E-state index is 11.8. The van der Waals surface area contributed by atoms with Gasteiger partial charge in [0.2, 0.25) is 11.8 Å². The number of methoxy groups -OCH3 is 1. The molecular weight excluding hydrogens is 236 g/mol. The van der Waals surface area contributed by atoms with Gasteiger partial charge in [0.05, 0.1) is 13.5 Å². The molecule has 6 heteroatoms. The van der Waals surface area contributed by atoms with Crippen LogP contribution in [0.15, 0.2) is 24.3 Å². The number of carbonyl (C=O) groups is 3. The molecular formula is C12H12N2O4. The van der Waals surface area contributed by atoms with Crippen molar-refractivity contribution in [2.24, 2.45) is 0 Å². The van der Waals surface area contributed by atoms with Crippen molar-refractivity contribution in [3.63, 3.8) is 0 Å². The molecule has 1 heterocycles. The summed E-state index contributed by atoms with van der Waals surface area (Å²) in [5.41, 5.74) is 0.406. The standard InChI is InChI=1S/C12H12N2O4/c1-18-8-4-2-7(3-5-8)11(16)13-9-6-10(15)14-12(9)17/h2-5,9H,6H2,1H3,(H,13,16)(H,14,15,17). The molecule has 1 fully saturated rings. The van der Waals surface area contributed by atoms with Crippen molar-refractivity contribution in [2.75, 3.05) is 7.11 Å². The third-order valence-electron chi connectivity index (χ3n) is 2.63. The van der Waals surface area contributed by atoms with Crippen LogP contribution in [0.3, 0.4) is 0 Å². The number of rotatable bonds is 3. The third kappa shape index (κ3) is 2.48. The van der Waals surface area contributed by atoms with Gasteiger partial charge < -0.3 is 10.1 Å². The van der Waals surface area contributed by atoms with E-state index in [1.165, 1.54) is 7.11 Å². The molecule has 1 aliphatic rings. The summed E-state index contributed by atoms with van der Waals surface area (Å²) < 4.78 is 4.97. The van der Waals surface area contributed by atoms with Crippen LogP contribution in [0.25, 0.3) is 0 Å². The van der Waals surface area contributed by atoms with Gasteiger partial charge in [0.15, 0.2) is 0 Å². The lowest BCUT2D eigenvalue weighted by Crippen LogP contribution is -2.40. The molecule has 0 aliphatic carbocycles. The summed E-state index contributed by atoms with van der Waals surface area (Å²) in [6, 6.07) is 5.68. The van der Waals surface area contributed by atoms with Crippen molar-refractivity contribution < 1.29 is 19.1 Å². The Kier molecular flexibility index (Phi) is 3.27. The van der Waals surface area contributed by atoms with E-state index in [1.807, 2.05) is 0 Å². The minimum atomic E-state index is -0.785. The first kappa shape index (κ1) is 12.1. The van der Waals surface area contributed by atoms with E-state index in [9.17, 15) is 14.4 Å². The lowest BCUT2D eigenvalue weighted by molar-refractivity contribution is -0.125. The molecule has 1 unspecified atom stereocenters. The topological polar surface area (TPSA) is 84.5 Å². The number of carbonyl (C=O) groups excluding carboxylic acids is 3. The predicted octanol–water partition coefficient (Wildman–Crippen LogP) is -0.160. The monoisotopic (exact) mass is 248 g/mol. The van der Waals surface area contributed by atoms with E-state index >= 15 is 0 Å². The van der Waals surface area contributed by atoms with Gasteiger partial charge in [0.25, 0.3) is 5.91 Å². The Morgan fingerprint density at radius 2 is 2.00 bits per heavy atom. The first-order chi connectivity index (χ1) is 8.60. The Balaban J connectivity index is 2.03. The lowest BCUT2D eigenvalue weighted by Gasteiger charge is -2.09. The first-order valence-electron chi connectivity index (χ1n) is 5.39. The molecule has 6 nitrogen and oxygen atoms in total. The maximum Gasteiger partial charge on any atom is 0.251 e. The summed E-state index contributed by atoms with van der Waals surface area (Å²) in [6.45, 7) is 0. The van der Waals surface area contributed by atoms with Gasteiger partial charge in [-0.1, -0.05) is 0 Å². The van der Waals surface area contributed by atoms with Crippen LogP contribution in [-0.4, -0.2) is 30.9 Å². The zero-order valence-corrected chi connectivity index (χ0v) is 9.73. The fourth-order valence-corrected chi connectivity index (χ4v) is 1.65. The Bertz CT molecular complexity index is 495. The number of amides is 3. The molecule has 18 heavy (non-hydrogen) atoms. The van der Waals surface area contributed by atoms with Crippen molar-refractivity contribution in [3.05, 3.63) is 29.8 Å². The van der Waals surface area contributed by atoms with Crippen LogP contribution < -0.4 is 15.4 Å². The normalized spacial score (nSPS) is 18.4.